The fourth-order valence-corrected chi connectivity index (χ4v) is 4.11. The summed E-state index contributed by atoms with van der Waals surface area (Å²) in [5.41, 5.74) is 1.45. The van der Waals surface area contributed by atoms with Crippen LogP contribution >= 0.6 is 0 Å². The van der Waals surface area contributed by atoms with Gasteiger partial charge in [0.2, 0.25) is 0 Å². The van der Waals surface area contributed by atoms with Crippen molar-refractivity contribution in [3.05, 3.63) is 48.6 Å². The van der Waals surface area contributed by atoms with Crippen LogP contribution in [-0.2, 0) is 0 Å². The predicted molar refractivity (Wildman–Crippen MR) is 113 cm³/mol. The molecule has 0 spiro atoms. The Kier molecular flexibility index (Phi) is 14.8. The number of halogens is 1. The van der Waals surface area contributed by atoms with E-state index in [1.165, 1.54) is 87.5 Å². The standard InChI is InChI=1S/C24H42N.ClH/c1-5-9-15-20-25(21-16-10-6-2,22-17-11-7-3)24(8-4)23-18-13-12-14-19-23;/h8,12-14,18-19,24H,4-7,9-11,15-17,20-22H2,1-3H3;1H/q+1;/p-1. The minimum absolute atomic E-state index is 0. The largest absolute Gasteiger partial charge is 1.00 e. The van der Waals surface area contributed by atoms with Crippen LogP contribution in [0.4, 0.5) is 0 Å². The summed E-state index contributed by atoms with van der Waals surface area (Å²) in [6.45, 7) is 15.1. The fraction of sp³-hybridized carbons (Fsp3) is 0.667. The summed E-state index contributed by atoms with van der Waals surface area (Å²) in [5.74, 6) is 0. The smallest absolute Gasteiger partial charge is 0.133 e. The van der Waals surface area contributed by atoms with E-state index in [0.29, 0.717) is 6.04 Å². The lowest BCUT2D eigenvalue weighted by Gasteiger charge is -2.45. The monoisotopic (exact) mass is 379 g/mol. The average molecular weight is 380 g/mol. The number of hydrogen-bond acceptors (Lipinski definition) is 0. The van der Waals surface area contributed by atoms with Crippen molar-refractivity contribution in [1.82, 2.24) is 0 Å². The molecule has 0 aromatic heterocycles. The number of hydrogen-bond donors (Lipinski definition) is 0. The van der Waals surface area contributed by atoms with Crippen molar-refractivity contribution in [3.8, 4) is 0 Å². The molecule has 1 nitrogen and oxygen atoms in total. The third-order valence-electron chi connectivity index (χ3n) is 5.58. The molecule has 1 atom stereocenters. The minimum Gasteiger partial charge on any atom is -1.00 e. The third kappa shape index (κ3) is 8.27. The molecule has 0 bridgehead atoms. The Morgan fingerprint density at radius 3 is 1.54 bits per heavy atom. The van der Waals surface area contributed by atoms with Crippen molar-refractivity contribution in [2.24, 2.45) is 0 Å². The second-order valence-corrected chi connectivity index (χ2v) is 7.60. The van der Waals surface area contributed by atoms with Gasteiger partial charge in [-0.3, -0.25) is 0 Å². The number of quaternary nitrogens is 1. The lowest BCUT2D eigenvalue weighted by atomic mass is 9.98. The number of rotatable bonds is 15. The summed E-state index contributed by atoms with van der Waals surface area (Å²) in [6.07, 6.45) is 14.2. The molecule has 2 heteroatoms. The normalized spacial score (nSPS) is 12.4. The zero-order valence-electron chi connectivity index (χ0n) is 17.6. The molecule has 0 aliphatic carbocycles. The molecule has 1 rings (SSSR count). The summed E-state index contributed by atoms with van der Waals surface area (Å²) < 4.78 is 1.22. The Morgan fingerprint density at radius 1 is 0.769 bits per heavy atom. The van der Waals surface area contributed by atoms with Crippen molar-refractivity contribution in [2.45, 2.75) is 84.6 Å². The van der Waals surface area contributed by atoms with Gasteiger partial charge < -0.3 is 16.9 Å². The third-order valence-corrected chi connectivity index (χ3v) is 5.58. The molecule has 0 saturated carbocycles. The average Bonchev–Trinajstić information content (AvgIpc) is 2.64. The lowest BCUT2D eigenvalue weighted by Crippen LogP contribution is -3.00. The second-order valence-electron chi connectivity index (χ2n) is 7.60. The number of unbranched alkanes of at least 4 members (excludes halogenated alkanes) is 6. The van der Waals surface area contributed by atoms with Crippen LogP contribution in [0, 0.1) is 0 Å². The first-order valence-corrected chi connectivity index (χ1v) is 10.8. The van der Waals surface area contributed by atoms with Gasteiger partial charge in [-0.2, -0.15) is 0 Å². The maximum atomic E-state index is 4.27. The van der Waals surface area contributed by atoms with Gasteiger partial charge in [0, 0.05) is 5.56 Å². The summed E-state index contributed by atoms with van der Waals surface area (Å²) in [5, 5.41) is 0. The summed E-state index contributed by atoms with van der Waals surface area (Å²) in [4.78, 5) is 0. The zero-order chi connectivity index (χ0) is 18.4. The molecule has 0 aliphatic heterocycles. The summed E-state index contributed by atoms with van der Waals surface area (Å²) >= 11 is 0. The molecule has 26 heavy (non-hydrogen) atoms. The quantitative estimate of drug-likeness (QED) is 0.242. The van der Waals surface area contributed by atoms with E-state index in [1.54, 1.807) is 0 Å². The number of benzene rings is 1. The maximum absolute atomic E-state index is 4.27. The Labute approximate surface area is 169 Å². The molecule has 1 aromatic rings. The van der Waals surface area contributed by atoms with Gasteiger partial charge in [-0.25, -0.2) is 0 Å². The molecule has 0 heterocycles. The maximum Gasteiger partial charge on any atom is 0.133 e. The highest BCUT2D eigenvalue weighted by Crippen LogP contribution is 2.32. The van der Waals surface area contributed by atoms with Crippen LogP contribution in [0.15, 0.2) is 43.0 Å². The first-order valence-electron chi connectivity index (χ1n) is 10.8. The van der Waals surface area contributed by atoms with E-state index in [4.69, 9.17) is 0 Å². The van der Waals surface area contributed by atoms with Crippen LogP contribution < -0.4 is 12.4 Å². The van der Waals surface area contributed by atoms with E-state index in [-0.39, 0.29) is 12.4 Å². The van der Waals surface area contributed by atoms with Crippen molar-refractivity contribution in [3.63, 3.8) is 0 Å². The lowest BCUT2D eigenvalue weighted by molar-refractivity contribution is -0.951. The first kappa shape index (κ1) is 25.2. The van der Waals surface area contributed by atoms with Crippen molar-refractivity contribution in [1.29, 1.82) is 0 Å². The van der Waals surface area contributed by atoms with Crippen molar-refractivity contribution in [2.75, 3.05) is 19.6 Å². The van der Waals surface area contributed by atoms with Gasteiger partial charge >= 0.3 is 0 Å². The van der Waals surface area contributed by atoms with Crippen LogP contribution in [0.25, 0.3) is 0 Å². The van der Waals surface area contributed by atoms with Crippen LogP contribution in [0.3, 0.4) is 0 Å². The molecular weight excluding hydrogens is 338 g/mol. The Balaban J connectivity index is 0.00000625. The SMILES string of the molecule is C=CC(c1ccccc1)[N+](CCCCC)(CCCCC)CCCCC.[Cl-]. The Hall–Kier alpha value is -0.790. The molecule has 0 radical (unpaired) electrons. The second kappa shape index (κ2) is 15.3. The van der Waals surface area contributed by atoms with Gasteiger partial charge in [0.25, 0.3) is 0 Å². The minimum atomic E-state index is 0. The molecule has 1 aromatic carbocycles. The van der Waals surface area contributed by atoms with Crippen LogP contribution in [0.5, 0.6) is 0 Å². The molecule has 150 valence electrons. The molecule has 0 amide bonds. The van der Waals surface area contributed by atoms with E-state index in [2.05, 4.69) is 63.8 Å². The fourth-order valence-electron chi connectivity index (χ4n) is 4.11. The Bertz CT molecular complexity index is 416. The molecule has 0 saturated heterocycles. The highest BCUT2D eigenvalue weighted by molar-refractivity contribution is 5.20. The van der Waals surface area contributed by atoms with Crippen LogP contribution in [0.1, 0.15) is 90.2 Å². The van der Waals surface area contributed by atoms with E-state index >= 15 is 0 Å². The molecule has 0 N–H and O–H groups in total. The van der Waals surface area contributed by atoms with Gasteiger partial charge in [-0.15, -0.1) is 0 Å². The highest BCUT2D eigenvalue weighted by atomic mass is 35.5. The molecule has 0 fully saturated rings. The van der Waals surface area contributed by atoms with E-state index in [9.17, 15) is 0 Å². The van der Waals surface area contributed by atoms with Gasteiger partial charge in [0.1, 0.15) is 6.04 Å². The molecule has 1 unspecified atom stereocenters. The first-order chi connectivity index (χ1) is 12.2. The Morgan fingerprint density at radius 2 is 1.19 bits per heavy atom. The van der Waals surface area contributed by atoms with E-state index in [1.807, 2.05) is 0 Å². The van der Waals surface area contributed by atoms with Crippen LogP contribution in [0.2, 0.25) is 0 Å². The van der Waals surface area contributed by atoms with Crippen molar-refractivity contribution >= 4 is 0 Å². The zero-order valence-corrected chi connectivity index (χ0v) is 18.3. The van der Waals surface area contributed by atoms with Gasteiger partial charge in [-0.1, -0.05) is 76.9 Å². The van der Waals surface area contributed by atoms with Gasteiger partial charge in [0.05, 0.1) is 19.6 Å². The van der Waals surface area contributed by atoms with Crippen molar-refractivity contribution < 1.29 is 16.9 Å². The van der Waals surface area contributed by atoms with Crippen LogP contribution in [-0.4, -0.2) is 24.1 Å². The molecular formula is C24H42ClN. The highest BCUT2D eigenvalue weighted by Gasteiger charge is 2.34. The molecule has 0 aliphatic rings. The summed E-state index contributed by atoms with van der Waals surface area (Å²) in [6, 6.07) is 11.5. The van der Waals surface area contributed by atoms with Gasteiger partial charge in [0.15, 0.2) is 0 Å². The topological polar surface area (TPSA) is 0 Å². The van der Waals surface area contributed by atoms with E-state index < -0.39 is 0 Å². The summed E-state index contributed by atoms with van der Waals surface area (Å²) in [7, 11) is 0. The van der Waals surface area contributed by atoms with E-state index in [0.717, 1.165) is 0 Å². The van der Waals surface area contributed by atoms with Gasteiger partial charge in [-0.05, 0) is 44.6 Å². The predicted octanol–water partition coefficient (Wildman–Crippen LogP) is 4.31. The number of nitrogens with zero attached hydrogens (tertiary/aromatic N) is 1.